The second-order valence-corrected chi connectivity index (χ2v) is 3.96. The Morgan fingerprint density at radius 2 is 1.88 bits per heavy atom. The van der Waals surface area contributed by atoms with Gasteiger partial charge in [-0.1, -0.05) is 26.0 Å². The first-order valence-electron chi connectivity index (χ1n) is 6.08. The van der Waals surface area contributed by atoms with E-state index in [-0.39, 0.29) is 6.10 Å². The van der Waals surface area contributed by atoms with Crippen LogP contribution in [-0.4, -0.2) is 13.2 Å². The summed E-state index contributed by atoms with van der Waals surface area (Å²) in [6.45, 7) is 4.09. The first kappa shape index (κ1) is 13.5. The molecule has 0 saturated carbocycles. The lowest BCUT2D eigenvalue weighted by atomic mass is 10.0. The van der Waals surface area contributed by atoms with Crippen LogP contribution in [0.5, 0.6) is 5.75 Å². The molecule has 2 unspecified atom stereocenters. The average molecular weight is 232 g/mol. The van der Waals surface area contributed by atoms with Crippen molar-refractivity contribution in [3.8, 4) is 11.8 Å². The van der Waals surface area contributed by atoms with E-state index >= 15 is 0 Å². The summed E-state index contributed by atoms with van der Waals surface area (Å²) in [4.78, 5) is 0. The molecule has 0 aliphatic rings. The standard InChI is InChI=1S/C14H20N2O/c1-4-12(10-15)17-13-8-6-11(7-9-13)14(5-2)16-3/h6-9,12,14,16H,4-5H2,1-3H3. The molecule has 1 aromatic carbocycles. The second kappa shape index (κ2) is 6.93. The van der Waals surface area contributed by atoms with Crippen molar-refractivity contribution in [1.29, 1.82) is 5.26 Å². The quantitative estimate of drug-likeness (QED) is 0.820. The number of ether oxygens (including phenoxy) is 1. The first-order chi connectivity index (χ1) is 8.24. The van der Waals surface area contributed by atoms with Crippen LogP contribution >= 0.6 is 0 Å². The van der Waals surface area contributed by atoms with Crippen LogP contribution in [0.1, 0.15) is 38.3 Å². The second-order valence-electron chi connectivity index (χ2n) is 3.96. The van der Waals surface area contributed by atoms with Gasteiger partial charge < -0.3 is 10.1 Å². The molecule has 0 aromatic heterocycles. The van der Waals surface area contributed by atoms with Crippen LogP contribution in [0, 0.1) is 11.3 Å². The van der Waals surface area contributed by atoms with Crippen LogP contribution in [0.25, 0.3) is 0 Å². The molecule has 1 aromatic rings. The van der Waals surface area contributed by atoms with E-state index < -0.39 is 0 Å². The molecule has 17 heavy (non-hydrogen) atoms. The fraction of sp³-hybridized carbons (Fsp3) is 0.500. The van der Waals surface area contributed by atoms with Gasteiger partial charge in [-0.15, -0.1) is 0 Å². The maximum atomic E-state index is 8.82. The van der Waals surface area contributed by atoms with Crippen LogP contribution in [0.15, 0.2) is 24.3 Å². The van der Waals surface area contributed by atoms with Gasteiger partial charge in [0, 0.05) is 6.04 Å². The molecular weight excluding hydrogens is 212 g/mol. The van der Waals surface area contributed by atoms with Gasteiger partial charge in [0.2, 0.25) is 0 Å². The highest BCUT2D eigenvalue weighted by atomic mass is 16.5. The number of nitriles is 1. The minimum atomic E-state index is -0.355. The molecule has 0 bridgehead atoms. The minimum absolute atomic E-state index is 0.355. The number of hydrogen-bond donors (Lipinski definition) is 1. The maximum Gasteiger partial charge on any atom is 0.184 e. The summed E-state index contributed by atoms with van der Waals surface area (Å²) >= 11 is 0. The lowest BCUT2D eigenvalue weighted by molar-refractivity contribution is 0.252. The van der Waals surface area contributed by atoms with Crippen LogP contribution in [0.3, 0.4) is 0 Å². The molecule has 0 spiro atoms. The summed E-state index contributed by atoms with van der Waals surface area (Å²) in [6, 6.07) is 10.4. The molecule has 0 saturated heterocycles. The lowest BCUT2D eigenvalue weighted by Gasteiger charge is -2.15. The number of hydrogen-bond acceptors (Lipinski definition) is 3. The molecule has 2 atom stereocenters. The predicted molar refractivity (Wildman–Crippen MR) is 68.9 cm³/mol. The third kappa shape index (κ3) is 3.76. The van der Waals surface area contributed by atoms with Gasteiger partial charge in [-0.05, 0) is 37.6 Å². The monoisotopic (exact) mass is 232 g/mol. The SMILES string of the molecule is CCC(C#N)Oc1ccc(C(CC)NC)cc1. The van der Waals surface area contributed by atoms with Crippen molar-refractivity contribution in [1.82, 2.24) is 5.32 Å². The van der Waals surface area contributed by atoms with E-state index in [1.54, 1.807) is 0 Å². The highest BCUT2D eigenvalue weighted by molar-refractivity contribution is 5.29. The lowest BCUT2D eigenvalue weighted by Crippen LogP contribution is -2.15. The summed E-state index contributed by atoms with van der Waals surface area (Å²) < 4.78 is 5.53. The molecule has 0 heterocycles. The van der Waals surface area contributed by atoms with Gasteiger partial charge in [0.15, 0.2) is 6.10 Å². The van der Waals surface area contributed by atoms with Crippen molar-refractivity contribution in [3.63, 3.8) is 0 Å². The summed E-state index contributed by atoms with van der Waals surface area (Å²) in [5.74, 6) is 0.758. The Hall–Kier alpha value is -1.53. The maximum absolute atomic E-state index is 8.82. The summed E-state index contributed by atoms with van der Waals surface area (Å²) in [6.07, 6.45) is 1.39. The molecule has 1 rings (SSSR count). The Morgan fingerprint density at radius 3 is 2.29 bits per heavy atom. The van der Waals surface area contributed by atoms with E-state index in [9.17, 15) is 0 Å². The topological polar surface area (TPSA) is 45.0 Å². The van der Waals surface area contributed by atoms with E-state index in [1.165, 1.54) is 5.56 Å². The highest BCUT2D eigenvalue weighted by Crippen LogP contribution is 2.20. The zero-order valence-corrected chi connectivity index (χ0v) is 10.7. The zero-order valence-electron chi connectivity index (χ0n) is 10.7. The molecular formula is C14H20N2O. The normalized spacial score (nSPS) is 13.8. The molecule has 0 fully saturated rings. The van der Waals surface area contributed by atoms with Crippen molar-refractivity contribution >= 4 is 0 Å². The molecule has 0 amide bonds. The third-order valence-corrected chi connectivity index (χ3v) is 2.83. The van der Waals surface area contributed by atoms with Crippen molar-refractivity contribution < 1.29 is 4.74 Å². The third-order valence-electron chi connectivity index (χ3n) is 2.83. The highest BCUT2D eigenvalue weighted by Gasteiger charge is 2.08. The number of benzene rings is 1. The van der Waals surface area contributed by atoms with E-state index in [2.05, 4.69) is 18.3 Å². The minimum Gasteiger partial charge on any atom is -0.476 e. The van der Waals surface area contributed by atoms with Gasteiger partial charge >= 0.3 is 0 Å². The molecule has 3 nitrogen and oxygen atoms in total. The van der Waals surface area contributed by atoms with E-state index in [1.807, 2.05) is 38.2 Å². The Morgan fingerprint density at radius 1 is 1.24 bits per heavy atom. The summed E-state index contributed by atoms with van der Waals surface area (Å²) in [5.41, 5.74) is 1.24. The van der Waals surface area contributed by atoms with E-state index in [4.69, 9.17) is 10.00 Å². The van der Waals surface area contributed by atoms with E-state index in [0.717, 1.165) is 12.2 Å². The Labute approximate surface area is 103 Å². The van der Waals surface area contributed by atoms with Crippen molar-refractivity contribution in [2.24, 2.45) is 0 Å². The smallest absolute Gasteiger partial charge is 0.184 e. The van der Waals surface area contributed by atoms with Gasteiger partial charge in [0.1, 0.15) is 11.8 Å². The van der Waals surface area contributed by atoms with Crippen LogP contribution in [-0.2, 0) is 0 Å². The zero-order chi connectivity index (χ0) is 12.7. The predicted octanol–water partition coefficient (Wildman–Crippen LogP) is 3.04. The number of rotatable bonds is 6. The fourth-order valence-electron chi connectivity index (χ4n) is 1.75. The van der Waals surface area contributed by atoms with Crippen molar-refractivity contribution in [2.75, 3.05) is 7.05 Å². The average Bonchev–Trinajstić information content (AvgIpc) is 2.39. The van der Waals surface area contributed by atoms with E-state index in [0.29, 0.717) is 12.5 Å². The van der Waals surface area contributed by atoms with Gasteiger partial charge in [0.25, 0.3) is 0 Å². The summed E-state index contributed by atoms with van der Waals surface area (Å²) in [7, 11) is 1.96. The molecule has 0 aliphatic carbocycles. The first-order valence-corrected chi connectivity index (χ1v) is 6.08. The molecule has 3 heteroatoms. The Kier molecular flexibility index (Phi) is 5.51. The van der Waals surface area contributed by atoms with Gasteiger partial charge in [0.05, 0.1) is 0 Å². The molecule has 92 valence electrons. The van der Waals surface area contributed by atoms with Gasteiger partial charge in [-0.2, -0.15) is 5.26 Å². The number of nitrogens with zero attached hydrogens (tertiary/aromatic N) is 1. The fourth-order valence-corrected chi connectivity index (χ4v) is 1.75. The molecule has 0 radical (unpaired) electrons. The molecule has 1 N–H and O–H groups in total. The van der Waals surface area contributed by atoms with Crippen LogP contribution in [0.2, 0.25) is 0 Å². The van der Waals surface area contributed by atoms with Crippen LogP contribution < -0.4 is 10.1 Å². The molecule has 0 aliphatic heterocycles. The van der Waals surface area contributed by atoms with Crippen molar-refractivity contribution in [2.45, 2.75) is 38.8 Å². The van der Waals surface area contributed by atoms with Crippen LogP contribution in [0.4, 0.5) is 0 Å². The number of nitrogens with one attached hydrogen (secondary N) is 1. The Bertz CT molecular complexity index is 363. The largest absolute Gasteiger partial charge is 0.476 e. The van der Waals surface area contributed by atoms with Gasteiger partial charge in [-0.3, -0.25) is 0 Å². The van der Waals surface area contributed by atoms with Crippen molar-refractivity contribution in [3.05, 3.63) is 29.8 Å². The summed E-state index contributed by atoms with van der Waals surface area (Å²) in [5, 5.41) is 12.1. The van der Waals surface area contributed by atoms with Gasteiger partial charge in [-0.25, -0.2) is 0 Å². The Balaban J connectivity index is 2.71.